The normalized spacial score (nSPS) is 12.2. The first-order valence-corrected chi connectivity index (χ1v) is 9.26. The maximum atomic E-state index is 12.2. The van der Waals surface area contributed by atoms with Crippen LogP contribution in [0.3, 0.4) is 0 Å². The molecule has 0 radical (unpaired) electrons. The van der Waals surface area contributed by atoms with Crippen molar-refractivity contribution >= 4 is 17.8 Å². The number of phenols is 1. The molecule has 0 aromatic heterocycles. The summed E-state index contributed by atoms with van der Waals surface area (Å²) in [6.07, 6.45) is 1.50. The minimum absolute atomic E-state index is 0.146. The van der Waals surface area contributed by atoms with E-state index in [4.69, 9.17) is 0 Å². The highest BCUT2D eigenvalue weighted by molar-refractivity contribution is 5.95. The Kier molecular flexibility index (Phi) is 6.11. The van der Waals surface area contributed by atoms with E-state index in [0.29, 0.717) is 0 Å². The van der Waals surface area contributed by atoms with Crippen LogP contribution >= 0.6 is 0 Å². The van der Waals surface area contributed by atoms with Crippen LogP contribution in [0.5, 0.6) is 5.75 Å². The third kappa shape index (κ3) is 5.40. The number of carbonyl (C=O) groups is 1. The summed E-state index contributed by atoms with van der Waals surface area (Å²) < 4.78 is 0. The maximum Gasteiger partial charge on any atom is 0.271 e. The minimum atomic E-state index is -0.557. The molecule has 0 saturated carbocycles. The Morgan fingerprint density at radius 1 is 1.07 bits per heavy atom. The largest absolute Gasteiger partial charge is 0.507 e. The summed E-state index contributed by atoms with van der Waals surface area (Å²) in [5.74, 6) is -0.279. The van der Waals surface area contributed by atoms with Crippen molar-refractivity contribution in [2.45, 2.75) is 52.4 Å². The van der Waals surface area contributed by atoms with Gasteiger partial charge in [-0.15, -0.1) is 0 Å². The van der Waals surface area contributed by atoms with Crippen molar-refractivity contribution in [2.75, 3.05) is 0 Å². The number of non-ortho nitro benzene ring substituents is 1. The molecule has 7 nitrogen and oxygen atoms in total. The van der Waals surface area contributed by atoms with Crippen molar-refractivity contribution in [1.29, 1.82) is 0 Å². The molecule has 0 bridgehead atoms. The van der Waals surface area contributed by atoms with E-state index in [2.05, 4.69) is 10.5 Å². The summed E-state index contributed by atoms with van der Waals surface area (Å²) in [6, 6.07) is 9.12. The van der Waals surface area contributed by atoms with Crippen LogP contribution in [-0.2, 0) is 10.8 Å². The zero-order valence-electron chi connectivity index (χ0n) is 17.6. The fourth-order valence-corrected chi connectivity index (χ4v) is 2.87. The van der Waals surface area contributed by atoms with Crippen LogP contribution in [0, 0.1) is 10.1 Å². The molecule has 2 rings (SSSR count). The van der Waals surface area contributed by atoms with Crippen molar-refractivity contribution in [3.63, 3.8) is 0 Å². The molecule has 0 saturated heterocycles. The van der Waals surface area contributed by atoms with Gasteiger partial charge in [0.2, 0.25) is 0 Å². The van der Waals surface area contributed by atoms with E-state index in [0.717, 1.165) is 16.7 Å². The van der Waals surface area contributed by atoms with Crippen LogP contribution in [0.4, 0.5) is 5.69 Å². The maximum absolute atomic E-state index is 12.2. The van der Waals surface area contributed by atoms with E-state index >= 15 is 0 Å². The Labute approximate surface area is 170 Å². The molecule has 2 aromatic carbocycles. The molecule has 2 aromatic rings. The number of nitrogens with one attached hydrogen (secondary N) is 1. The molecule has 7 heteroatoms. The molecule has 1 amide bonds. The summed E-state index contributed by atoms with van der Waals surface area (Å²) in [4.78, 5) is 22.5. The zero-order chi connectivity index (χ0) is 22.0. The summed E-state index contributed by atoms with van der Waals surface area (Å²) in [5.41, 5.74) is 4.13. The number of benzene rings is 2. The molecule has 0 unspecified atom stereocenters. The van der Waals surface area contributed by atoms with E-state index < -0.39 is 10.8 Å². The lowest BCUT2D eigenvalue weighted by Crippen LogP contribution is -2.19. The molecular formula is C22H27N3O4. The fourth-order valence-electron chi connectivity index (χ4n) is 2.87. The lowest BCUT2D eigenvalue weighted by Gasteiger charge is -2.27. The number of aromatic hydroxyl groups is 1. The molecule has 0 spiro atoms. The van der Waals surface area contributed by atoms with Gasteiger partial charge in [-0.1, -0.05) is 47.6 Å². The van der Waals surface area contributed by atoms with Crippen LogP contribution in [0.25, 0.3) is 0 Å². The summed E-state index contributed by atoms with van der Waals surface area (Å²) >= 11 is 0. The Balaban J connectivity index is 2.31. The number of nitro groups is 1. The monoisotopic (exact) mass is 397 g/mol. The highest BCUT2D eigenvalue weighted by Gasteiger charge is 2.26. The molecule has 0 atom stereocenters. The van der Waals surface area contributed by atoms with Crippen LogP contribution in [-0.4, -0.2) is 22.2 Å². The molecular weight excluding hydrogens is 370 g/mol. The predicted molar refractivity (Wildman–Crippen MR) is 114 cm³/mol. The van der Waals surface area contributed by atoms with Gasteiger partial charge in [0.25, 0.3) is 11.6 Å². The van der Waals surface area contributed by atoms with E-state index in [9.17, 15) is 20.0 Å². The van der Waals surface area contributed by atoms with Gasteiger partial charge in [0.15, 0.2) is 0 Å². The molecule has 29 heavy (non-hydrogen) atoms. The van der Waals surface area contributed by atoms with Crippen LogP contribution in [0.2, 0.25) is 0 Å². The van der Waals surface area contributed by atoms with Gasteiger partial charge in [-0.3, -0.25) is 14.9 Å². The minimum Gasteiger partial charge on any atom is -0.507 e. The van der Waals surface area contributed by atoms with Crippen molar-refractivity contribution in [2.24, 2.45) is 5.10 Å². The average Bonchev–Trinajstić information content (AvgIpc) is 2.60. The van der Waals surface area contributed by atoms with E-state index in [1.54, 1.807) is 0 Å². The molecule has 0 aliphatic rings. The van der Waals surface area contributed by atoms with Gasteiger partial charge in [-0.2, -0.15) is 5.10 Å². The van der Waals surface area contributed by atoms with Crippen molar-refractivity contribution < 1.29 is 14.8 Å². The number of hydrazone groups is 1. The van der Waals surface area contributed by atoms with E-state index in [1.165, 1.54) is 30.5 Å². The number of hydrogen-bond donors (Lipinski definition) is 2. The van der Waals surface area contributed by atoms with Gasteiger partial charge in [0, 0.05) is 28.8 Å². The van der Waals surface area contributed by atoms with Gasteiger partial charge in [-0.25, -0.2) is 5.43 Å². The van der Waals surface area contributed by atoms with Crippen LogP contribution < -0.4 is 5.43 Å². The summed E-state index contributed by atoms with van der Waals surface area (Å²) in [6.45, 7) is 12.1. The first-order valence-electron chi connectivity index (χ1n) is 9.26. The second-order valence-electron chi connectivity index (χ2n) is 8.97. The van der Waals surface area contributed by atoms with E-state index in [-0.39, 0.29) is 27.8 Å². The van der Waals surface area contributed by atoms with Gasteiger partial charge in [0.1, 0.15) is 5.75 Å². The van der Waals surface area contributed by atoms with Crippen LogP contribution in [0.1, 0.15) is 68.6 Å². The lowest BCUT2D eigenvalue weighted by atomic mass is 9.78. The fraction of sp³-hybridized carbons (Fsp3) is 0.364. The first-order chi connectivity index (χ1) is 13.3. The molecule has 0 aliphatic carbocycles. The second kappa shape index (κ2) is 8.03. The Hall–Kier alpha value is -3.22. The number of nitro benzene ring substituents is 1. The Bertz CT molecular complexity index is 932. The highest BCUT2D eigenvalue weighted by Crippen LogP contribution is 2.39. The molecule has 0 aliphatic heterocycles. The number of carbonyl (C=O) groups excluding carboxylic acids is 1. The summed E-state index contributed by atoms with van der Waals surface area (Å²) in [7, 11) is 0. The quantitative estimate of drug-likeness (QED) is 0.445. The van der Waals surface area contributed by atoms with Gasteiger partial charge >= 0.3 is 0 Å². The smallest absolute Gasteiger partial charge is 0.271 e. The lowest BCUT2D eigenvalue weighted by molar-refractivity contribution is -0.384. The van der Waals surface area contributed by atoms with Gasteiger partial charge in [-0.05, 0) is 34.6 Å². The van der Waals surface area contributed by atoms with Crippen molar-refractivity contribution in [3.8, 4) is 5.75 Å². The molecule has 0 fully saturated rings. The standard InChI is InChI=1S/C22H27N3O4/c1-21(2,3)17-10-14(11-18(19(17)26)22(4,5)6)13-23-24-20(27)15-8-7-9-16(12-15)25(28)29/h7-13,26H,1-6H3,(H,24,27)/b23-13-. The molecule has 0 heterocycles. The van der Waals surface area contributed by atoms with Gasteiger partial charge in [0.05, 0.1) is 11.1 Å². The molecule has 154 valence electrons. The predicted octanol–water partition coefficient (Wildman–Crippen LogP) is 4.66. The number of rotatable bonds is 4. The van der Waals surface area contributed by atoms with E-state index in [1.807, 2.05) is 53.7 Å². The number of nitrogens with zero attached hydrogens (tertiary/aromatic N) is 2. The number of hydrogen-bond acceptors (Lipinski definition) is 5. The second-order valence-corrected chi connectivity index (χ2v) is 8.97. The Morgan fingerprint density at radius 3 is 2.10 bits per heavy atom. The van der Waals surface area contributed by atoms with Crippen LogP contribution in [0.15, 0.2) is 41.5 Å². The Morgan fingerprint density at radius 2 is 1.62 bits per heavy atom. The third-order valence-corrected chi connectivity index (χ3v) is 4.45. The van der Waals surface area contributed by atoms with Crippen molar-refractivity contribution in [3.05, 3.63) is 68.8 Å². The van der Waals surface area contributed by atoms with Crippen molar-refractivity contribution in [1.82, 2.24) is 5.43 Å². The SMILES string of the molecule is CC(C)(C)c1cc(/C=N\NC(=O)c2cccc([N+](=O)[O-])c2)cc(C(C)(C)C)c1O. The zero-order valence-corrected chi connectivity index (χ0v) is 17.6. The topological polar surface area (TPSA) is 105 Å². The third-order valence-electron chi connectivity index (χ3n) is 4.45. The highest BCUT2D eigenvalue weighted by atomic mass is 16.6. The first kappa shape index (κ1) is 22.1. The number of amides is 1. The molecule has 2 N–H and O–H groups in total. The number of phenolic OH excluding ortho intramolecular Hbond substituents is 1. The average molecular weight is 397 g/mol. The summed E-state index contributed by atoms with van der Waals surface area (Å²) in [5, 5.41) is 25.6. The van der Waals surface area contributed by atoms with Gasteiger partial charge < -0.3 is 5.11 Å².